The molecule has 0 spiro atoms. The maximum atomic E-state index is 13.4. The van der Waals surface area contributed by atoms with Crippen LogP contribution in [0, 0.1) is 10.8 Å². The molecule has 1 fully saturated rings. The summed E-state index contributed by atoms with van der Waals surface area (Å²) in [5.41, 5.74) is 1.88. The summed E-state index contributed by atoms with van der Waals surface area (Å²) in [4.78, 5) is 39.2. The smallest absolute Gasteiger partial charge is 0.319 e. The van der Waals surface area contributed by atoms with Crippen molar-refractivity contribution in [3.05, 3.63) is 71.8 Å². The van der Waals surface area contributed by atoms with Crippen LogP contribution in [0.3, 0.4) is 0 Å². The van der Waals surface area contributed by atoms with Gasteiger partial charge in [-0.15, -0.1) is 0 Å². The van der Waals surface area contributed by atoms with Gasteiger partial charge in [0.1, 0.15) is 0 Å². The quantitative estimate of drug-likeness (QED) is 0.577. The molecule has 4 unspecified atom stereocenters. The van der Waals surface area contributed by atoms with E-state index in [1.165, 1.54) is 0 Å². The fraction of sp³-hybridized carbons (Fsp3) is 0.467. The third-order valence-corrected chi connectivity index (χ3v) is 7.80. The van der Waals surface area contributed by atoms with Crippen LogP contribution in [0.2, 0.25) is 0 Å². The summed E-state index contributed by atoms with van der Waals surface area (Å²) in [6.07, 6.45) is 5.68. The van der Waals surface area contributed by atoms with Gasteiger partial charge in [0.25, 0.3) is 0 Å². The number of carbonyl (C=O) groups is 2. The second-order valence-corrected chi connectivity index (χ2v) is 11.9. The third-order valence-electron chi connectivity index (χ3n) is 7.80. The topological polar surface area (TPSA) is 89.4 Å². The van der Waals surface area contributed by atoms with Gasteiger partial charge >= 0.3 is 12.1 Å². The minimum absolute atomic E-state index is 0.0114. The molecule has 0 bridgehead atoms. The molecule has 4 amide bonds. The first-order valence-electron chi connectivity index (χ1n) is 13.5. The van der Waals surface area contributed by atoms with E-state index in [0.717, 1.165) is 30.4 Å². The number of aliphatic imine (C=N–C) groups is 2. The van der Waals surface area contributed by atoms with Gasteiger partial charge in [-0.2, -0.15) is 0 Å². The van der Waals surface area contributed by atoms with Gasteiger partial charge in [-0.05, 0) is 41.2 Å². The number of hydrogen-bond donors (Lipinski definition) is 2. The largest absolute Gasteiger partial charge is 0.337 e. The minimum atomic E-state index is -0.293. The fourth-order valence-electron chi connectivity index (χ4n) is 6.52. The lowest BCUT2D eigenvalue weighted by Gasteiger charge is -2.47. The molecule has 4 atom stereocenters. The first kappa shape index (κ1) is 25.9. The molecule has 0 radical (unpaired) electrons. The summed E-state index contributed by atoms with van der Waals surface area (Å²) in [5, 5.41) is 6.50. The standard InChI is InChI=1S/C30H38N6O2/c1-29(2)18-24(34-28(38)36-17-15-32-26(36)23-12-8-5-9-13-23)19-30(3,20-29)21-33-27(37)35-16-14-31-25(35)22-10-6-4-7-11-22/h4-15,24-26H,16-21H2,1-3H3,(H,33,37)(H,34,38). The zero-order valence-corrected chi connectivity index (χ0v) is 22.5. The van der Waals surface area contributed by atoms with Crippen molar-refractivity contribution in [3.8, 4) is 0 Å². The molecule has 8 heteroatoms. The molecule has 2 aliphatic heterocycles. The third kappa shape index (κ3) is 5.74. The van der Waals surface area contributed by atoms with Crippen LogP contribution in [0.15, 0.2) is 70.6 Å². The second kappa shape index (κ2) is 10.6. The fourth-order valence-corrected chi connectivity index (χ4v) is 6.52. The average Bonchev–Trinajstić information content (AvgIpc) is 3.58. The van der Waals surface area contributed by atoms with Crippen LogP contribution in [0.25, 0.3) is 0 Å². The number of urea groups is 2. The Labute approximate surface area is 225 Å². The van der Waals surface area contributed by atoms with E-state index >= 15 is 0 Å². The molecule has 2 N–H and O–H groups in total. The maximum Gasteiger partial charge on any atom is 0.319 e. The first-order valence-corrected chi connectivity index (χ1v) is 13.5. The van der Waals surface area contributed by atoms with Crippen LogP contribution in [-0.2, 0) is 0 Å². The number of carbonyl (C=O) groups excluding carboxylic acids is 2. The molecule has 2 aromatic rings. The van der Waals surface area contributed by atoms with E-state index in [0.29, 0.717) is 19.6 Å². The highest BCUT2D eigenvalue weighted by atomic mass is 16.2. The van der Waals surface area contributed by atoms with Crippen LogP contribution >= 0.6 is 0 Å². The Morgan fingerprint density at radius 3 is 1.89 bits per heavy atom. The molecule has 2 aromatic carbocycles. The molecule has 200 valence electrons. The molecule has 1 saturated carbocycles. The van der Waals surface area contributed by atoms with E-state index in [2.05, 4.69) is 41.4 Å². The van der Waals surface area contributed by atoms with Crippen molar-refractivity contribution in [1.82, 2.24) is 20.4 Å². The van der Waals surface area contributed by atoms with Crippen molar-refractivity contribution < 1.29 is 9.59 Å². The highest BCUT2D eigenvalue weighted by Crippen LogP contribution is 2.46. The summed E-state index contributed by atoms with van der Waals surface area (Å²) in [6, 6.07) is 19.6. The van der Waals surface area contributed by atoms with Crippen molar-refractivity contribution in [2.45, 2.75) is 58.4 Å². The van der Waals surface area contributed by atoms with Gasteiger partial charge in [-0.1, -0.05) is 81.4 Å². The maximum absolute atomic E-state index is 13.4. The zero-order chi connectivity index (χ0) is 26.8. The van der Waals surface area contributed by atoms with E-state index in [4.69, 9.17) is 0 Å². The van der Waals surface area contributed by atoms with Crippen molar-refractivity contribution in [3.63, 3.8) is 0 Å². The summed E-state index contributed by atoms with van der Waals surface area (Å²) in [5.74, 6) is 0. The van der Waals surface area contributed by atoms with Crippen LogP contribution in [0.5, 0.6) is 0 Å². The number of nitrogens with one attached hydrogen (secondary N) is 2. The summed E-state index contributed by atoms with van der Waals surface area (Å²) in [7, 11) is 0. The van der Waals surface area contributed by atoms with Crippen LogP contribution in [0.4, 0.5) is 9.59 Å². The Bertz CT molecular complexity index is 1200. The first-order chi connectivity index (χ1) is 18.2. The molecule has 5 rings (SSSR count). The number of rotatable bonds is 5. The molecule has 1 aliphatic carbocycles. The predicted molar refractivity (Wildman–Crippen MR) is 150 cm³/mol. The van der Waals surface area contributed by atoms with Gasteiger partial charge in [0.2, 0.25) is 0 Å². The Balaban J connectivity index is 1.21. The summed E-state index contributed by atoms with van der Waals surface area (Å²) in [6.45, 7) is 8.24. The molecular weight excluding hydrogens is 476 g/mol. The lowest BCUT2D eigenvalue weighted by atomic mass is 9.62. The summed E-state index contributed by atoms with van der Waals surface area (Å²) >= 11 is 0. The molecule has 38 heavy (non-hydrogen) atoms. The van der Waals surface area contributed by atoms with E-state index in [1.807, 2.05) is 66.9 Å². The van der Waals surface area contributed by atoms with E-state index in [9.17, 15) is 9.59 Å². The Morgan fingerprint density at radius 2 is 1.34 bits per heavy atom. The Hall–Kier alpha value is -3.68. The number of hydrogen-bond acceptors (Lipinski definition) is 4. The highest BCUT2D eigenvalue weighted by Gasteiger charge is 2.43. The predicted octanol–water partition coefficient (Wildman–Crippen LogP) is 5.16. The molecule has 2 heterocycles. The van der Waals surface area contributed by atoms with Crippen molar-refractivity contribution in [1.29, 1.82) is 0 Å². The van der Waals surface area contributed by atoms with Gasteiger partial charge in [0.05, 0.1) is 13.1 Å². The minimum Gasteiger partial charge on any atom is -0.337 e. The Kier molecular flexibility index (Phi) is 7.23. The SMILES string of the molecule is CC1(C)CC(NC(=O)N2CC=NC2c2ccccc2)CC(C)(CNC(=O)N2CC=NC2c2ccccc2)C1. The molecular formula is C30H38N6O2. The number of benzene rings is 2. The zero-order valence-electron chi connectivity index (χ0n) is 22.5. The highest BCUT2D eigenvalue weighted by molar-refractivity contribution is 5.81. The average molecular weight is 515 g/mol. The van der Waals surface area contributed by atoms with Gasteiger partial charge in [0.15, 0.2) is 12.3 Å². The number of amides is 4. The van der Waals surface area contributed by atoms with E-state index in [1.54, 1.807) is 16.0 Å². The Morgan fingerprint density at radius 1 is 0.816 bits per heavy atom. The van der Waals surface area contributed by atoms with Crippen molar-refractivity contribution in [2.75, 3.05) is 19.6 Å². The van der Waals surface area contributed by atoms with Gasteiger partial charge in [0, 0.05) is 25.0 Å². The molecule has 3 aliphatic rings. The van der Waals surface area contributed by atoms with Crippen molar-refractivity contribution >= 4 is 24.5 Å². The van der Waals surface area contributed by atoms with Gasteiger partial charge < -0.3 is 10.6 Å². The van der Waals surface area contributed by atoms with Gasteiger partial charge in [-0.3, -0.25) is 19.8 Å². The monoisotopic (exact) mass is 514 g/mol. The van der Waals surface area contributed by atoms with Gasteiger partial charge in [-0.25, -0.2) is 9.59 Å². The lowest BCUT2D eigenvalue weighted by Crippen LogP contribution is -2.53. The van der Waals surface area contributed by atoms with E-state index < -0.39 is 0 Å². The molecule has 0 aromatic heterocycles. The van der Waals surface area contributed by atoms with Crippen LogP contribution in [0.1, 0.15) is 63.5 Å². The number of nitrogens with zero attached hydrogens (tertiary/aromatic N) is 4. The molecule has 8 nitrogen and oxygen atoms in total. The molecule has 0 saturated heterocycles. The normalized spacial score (nSPS) is 27.9. The lowest BCUT2D eigenvalue weighted by molar-refractivity contribution is 0.0702. The summed E-state index contributed by atoms with van der Waals surface area (Å²) < 4.78 is 0. The van der Waals surface area contributed by atoms with Crippen LogP contribution < -0.4 is 10.6 Å². The van der Waals surface area contributed by atoms with Crippen LogP contribution in [-0.4, -0.2) is 60.0 Å². The van der Waals surface area contributed by atoms with Crippen molar-refractivity contribution in [2.24, 2.45) is 20.8 Å². The second-order valence-electron chi connectivity index (χ2n) is 11.9. The van der Waals surface area contributed by atoms with E-state index in [-0.39, 0.29) is 41.3 Å².